The molecule has 0 saturated carbocycles. The Bertz CT molecular complexity index is 467. The third-order valence-corrected chi connectivity index (χ3v) is 4.20. The number of anilines is 2. The number of benzene rings is 1. The summed E-state index contributed by atoms with van der Waals surface area (Å²) in [7, 11) is 1.53. The monoisotopic (exact) mass is 295 g/mol. The smallest absolute Gasteiger partial charge is 0.148 e. The fourth-order valence-electron chi connectivity index (χ4n) is 2.88. The molecule has 1 aliphatic heterocycles. The van der Waals surface area contributed by atoms with Gasteiger partial charge in [0.1, 0.15) is 11.6 Å². The van der Waals surface area contributed by atoms with E-state index in [4.69, 9.17) is 10.5 Å². The molecule has 1 saturated heterocycles. The van der Waals surface area contributed by atoms with Crippen LogP contribution in [0.2, 0.25) is 0 Å². The average Bonchev–Trinajstić information content (AvgIpc) is 2.47. The van der Waals surface area contributed by atoms with E-state index in [1.165, 1.54) is 39.0 Å². The molecule has 0 radical (unpaired) electrons. The second kappa shape index (κ2) is 7.50. The first-order valence-electron chi connectivity index (χ1n) is 7.72. The van der Waals surface area contributed by atoms with Crippen LogP contribution >= 0.6 is 0 Å². The van der Waals surface area contributed by atoms with Gasteiger partial charge in [0.2, 0.25) is 0 Å². The fraction of sp³-hybridized carbons (Fsp3) is 0.625. The largest absolute Gasteiger partial charge is 0.495 e. The summed E-state index contributed by atoms with van der Waals surface area (Å²) in [6, 6.07) is 3.59. The lowest BCUT2D eigenvalue weighted by atomic mass is 10.0. The summed E-state index contributed by atoms with van der Waals surface area (Å²) in [5, 5.41) is 3.13. The van der Waals surface area contributed by atoms with E-state index in [1.54, 1.807) is 6.07 Å². The molecule has 1 aromatic carbocycles. The maximum Gasteiger partial charge on any atom is 0.148 e. The van der Waals surface area contributed by atoms with Gasteiger partial charge in [-0.2, -0.15) is 0 Å². The molecule has 1 fully saturated rings. The minimum Gasteiger partial charge on any atom is -0.495 e. The Morgan fingerprint density at radius 3 is 2.95 bits per heavy atom. The highest BCUT2D eigenvalue weighted by Gasteiger charge is 2.17. The van der Waals surface area contributed by atoms with E-state index in [-0.39, 0.29) is 5.82 Å². The zero-order valence-corrected chi connectivity index (χ0v) is 13.0. The van der Waals surface area contributed by atoms with Crippen LogP contribution in [0.5, 0.6) is 5.75 Å². The zero-order chi connectivity index (χ0) is 15.2. The van der Waals surface area contributed by atoms with Crippen molar-refractivity contribution in [1.29, 1.82) is 0 Å². The quantitative estimate of drug-likeness (QED) is 0.625. The van der Waals surface area contributed by atoms with Crippen molar-refractivity contribution in [2.75, 3.05) is 37.8 Å². The summed E-state index contributed by atoms with van der Waals surface area (Å²) < 4.78 is 18.9. The number of hydrogen-bond acceptors (Lipinski definition) is 4. The molecule has 4 nitrogen and oxygen atoms in total. The van der Waals surface area contributed by atoms with Crippen LogP contribution in [0.4, 0.5) is 15.8 Å². The predicted molar refractivity (Wildman–Crippen MR) is 85.4 cm³/mol. The fourth-order valence-corrected chi connectivity index (χ4v) is 2.88. The van der Waals surface area contributed by atoms with Gasteiger partial charge < -0.3 is 20.7 Å². The van der Waals surface area contributed by atoms with Crippen LogP contribution in [0.1, 0.15) is 32.6 Å². The Hall–Kier alpha value is -1.49. The zero-order valence-electron chi connectivity index (χ0n) is 13.0. The Kier molecular flexibility index (Phi) is 5.67. The first kappa shape index (κ1) is 15.9. The third kappa shape index (κ3) is 4.24. The standard InChI is InChI=1S/C16H26FN3O/c1-12-6-3-4-8-20(12)9-5-7-19-15-11-16(21-2)14(18)10-13(15)17/h10-12,19H,3-9,18H2,1-2H3. The predicted octanol–water partition coefficient (Wildman–Crippen LogP) is 3.09. The number of halogens is 1. The van der Waals surface area contributed by atoms with Crippen LogP contribution < -0.4 is 15.8 Å². The third-order valence-electron chi connectivity index (χ3n) is 4.20. The number of piperidine rings is 1. The first-order valence-corrected chi connectivity index (χ1v) is 7.72. The van der Waals surface area contributed by atoms with E-state index in [9.17, 15) is 4.39 Å². The summed E-state index contributed by atoms with van der Waals surface area (Å²) >= 11 is 0. The summed E-state index contributed by atoms with van der Waals surface area (Å²) in [6.07, 6.45) is 4.92. The molecule has 3 N–H and O–H groups in total. The van der Waals surface area contributed by atoms with Gasteiger partial charge >= 0.3 is 0 Å². The molecule has 21 heavy (non-hydrogen) atoms. The van der Waals surface area contributed by atoms with E-state index in [1.807, 2.05) is 0 Å². The van der Waals surface area contributed by atoms with Gasteiger partial charge in [-0.25, -0.2) is 4.39 Å². The molecule has 0 bridgehead atoms. The molecule has 5 heteroatoms. The second-order valence-corrected chi connectivity index (χ2v) is 5.74. The van der Waals surface area contributed by atoms with Crippen LogP contribution in [0.3, 0.4) is 0 Å². The van der Waals surface area contributed by atoms with Crippen molar-refractivity contribution in [2.24, 2.45) is 0 Å². The molecule has 0 aliphatic carbocycles. The lowest BCUT2D eigenvalue weighted by Crippen LogP contribution is -2.38. The van der Waals surface area contributed by atoms with Crippen molar-refractivity contribution in [3.05, 3.63) is 17.9 Å². The SMILES string of the molecule is COc1cc(NCCCN2CCCCC2C)c(F)cc1N. The minimum atomic E-state index is -0.334. The van der Waals surface area contributed by atoms with E-state index in [0.29, 0.717) is 23.2 Å². The molecule has 1 aromatic rings. The first-order chi connectivity index (χ1) is 10.1. The normalized spacial score (nSPS) is 19.5. The maximum atomic E-state index is 13.8. The van der Waals surface area contributed by atoms with Crippen LogP contribution in [0.15, 0.2) is 12.1 Å². The summed E-state index contributed by atoms with van der Waals surface area (Å²) in [4.78, 5) is 2.52. The lowest BCUT2D eigenvalue weighted by Gasteiger charge is -2.33. The number of hydrogen-bond donors (Lipinski definition) is 2. The molecule has 118 valence electrons. The van der Waals surface area contributed by atoms with Crippen LogP contribution in [0, 0.1) is 5.82 Å². The number of nitrogens with zero attached hydrogens (tertiary/aromatic N) is 1. The van der Waals surface area contributed by atoms with Gasteiger partial charge in [-0.3, -0.25) is 0 Å². The molecular formula is C16H26FN3O. The van der Waals surface area contributed by atoms with E-state index in [2.05, 4.69) is 17.1 Å². The molecule has 1 unspecified atom stereocenters. The van der Waals surface area contributed by atoms with Gasteiger partial charge in [0.05, 0.1) is 18.5 Å². The van der Waals surface area contributed by atoms with E-state index < -0.39 is 0 Å². The van der Waals surface area contributed by atoms with E-state index in [0.717, 1.165) is 19.5 Å². The number of rotatable bonds is 6. The highest BCUT2D eigenvalue weighted by molar-refractivity contribution is 5.62. The van der Waals surface area contributed by atoms with Crippen LogP contribution in [-0.2, 0) is 0 Å². The van der Waals surface area contributed by atoms with Crippen molar-refractivity contribution < 1.29 is 9.13 Å². The molecule has 0 amide bonds. The molecule has 0 aromatic heterocycles. The Labute approximate surface area is 126 Å². The number of nitrogen functional groups attached to an aromatic ring is 1. The van der Waals surface area contributed by atoms with Crippen LogP contribution in [-0.4, -0.2) is 37.7 Å². The number of nitrogens with two attached hydrogens (primary N) is 1. The molecule has 2 rings (SSSR count). The van der Waals surface area contributed by atoms with Crippen molar-refractivity contribution in [1.82, 2.24) is 4.90 Å². The average molecular weight is 295 g/mol. The second-order valence-electron chi connectivity index (χ2n) is 5.74. The molecule has 1 atom stereocenters. The van der Waals surface area contributed by atoms with Crippen molar-refractivity contribution in [3.8, 4) is 5.75 Å². The van der Waals surface area contributed by atoms with E-state index >= 15 is 0 Å². The lowest BCUT2D eigenvalue weighted by molar-refractivity contribution is 0.160. The van der Waals surface area contributed by atoms with Crippen molar-refractivity contribution >= 4 is 11.4 Å². The van der Waals surface area contributed by atoms with Gasteiger partial charge in [-0.15, -0.1) is 0 Å². The number of methoxy groups -OCH3 is 1. The minimum absolute atomic E-state index is 0.322. The summed E-state index contributed by atoms with van der Waals surface area (Å²) in [5.74, 6) is 0.170. The highest BCUT2D eigenvalue weighted by atomic mass is 19.1. The summed E-state index contributed by atoms with van der Waals surface area (Å²) in [5.41, 5.74) is 6.44. The van der Waals surface area contributed by atoms with Gasteiger partial charge in [-0.1, -0.05) is 6.42 Å². The Balaban J connectivity index is 1.80. The van der Waals surface area contributed by atoms with Crippen LogP contribution in [0.25, 0.3) is 0 Å². The highest BCUT2D eigenvalue weighted by Crippen LogP contribution is 2.28. The maximum absolute atomic E-state index is 13.8. The van der Waals surface area contributed by atoms with Gasteiger partial charge in [0.25, 0.3) is 0 Å². The van der Waals surface area contributed by atoms with Crippen molar-refractivity contribution in [2.45, 2.75) is 38.6 Å². The number of likely N-dealkylation sites (tertiary alicyclic amines) is 1. The number of ether oxygens (including phenoxy) is 1. The Morgan fingerprint density at radius 2 is 2.24 bits per heavy atom. The topological polar surface area (TPSA) is 50.5 Å². The molecule has 1 heterocycles. The van der Waals surface area contributed by atoms with Gasteiger partial charge in [0, 0.05) is 31.3 Å². The van der Waals surface area contributed by atoms with Crippen molar-refractivity contribution in [3.63, 3.8) is 0 Å². The Morgan fingerprint density at radius 1 is 1.43 bits per heavy atom. The molecule has 0 spiro atoms. The molecular weight excluding hydrogens is 269 g/mol. The molecule has 1 aliphatic rings. The summed E-state index contributed by atoms with van der Waals surface area (Å²) in [6.45, 7) is 5.28. The van der Waals surface area contributed by atoms with Gasteiger partial charge in [0.15, 0.2) is 0 Å². The van der Waals surface area contributed by atoms with Gasteiger partial charge in [-0.05, 0) is 32.7 Å². The number of nitrogens with one attached hydrogen (secondary N) is 1.